The number of carbonyl (C=O) groups is 1. The average molecular weight is 296 g/mol. The first-order valence-electron chi connectivity index (χ1n) is 6.89. The molecule has 1 aliphatic rings. The monoisotopic (exact) mass is 296 g/mol. The molecule has 0 atom stereocenters. The Morgan fingerprint density at radius 3 is 2.71 bits per heavy atom. The minimum Gasteiger partial charge on any atom is -0.466 e. The number of hydrogen-bond acceptors (Lipinski definition) is 5. The zero-order valence-corrected chi connectivity index (χ0v) is 11.8. The molecule has 114 valence electrons. The number of esters is 1. The fraction of sp³-hybridized carbons (Fsp3) is 0.500. The molecule has 0 aromatic heterocycles. The summed E-state index contributed by atoms with van der Waals surface area (Å²) in [6.45, 7) is 2.87. The van der Waals surface area contributed by atoms with Crippen molar-refractivity contribution in [3.05, 3.63) is 34.1 Å². The van der Waals surface area contributed by atoms with E-state index in [1.165, 1.54) is 18.2 Å². The molecule has 7 heteroatoms. The maximum absolute atomic E-state index is 13.9. The summed E-state index contributed by atoms with van der Waals surface area (Å²) in [6, 6.07) is 3.82. The van der Waals surface area contributed by atoms with Crippen molar-refractivity contribution in [3.8, 4) is 0 Å². The van der Waals surface area contributed by atoms with E-state index in [-0.39, 0.29) is 23.3 Å². The van der Waals surface area contributed by atoms with E-state index < -0.39 is 10.7 Å². The first-order chi connectivity index (χ1) is 10.0. The van der Waals surface area contributed by atoms with Gasteiger partial charge in [0.05, 0.1) is 17.4 Å². The molecule has 2 rings (SSSR count). The smallest absolute Gasteiger partial charge is 0.309 e. The fourth-order valence-corrected chi connectivity index (χ4v) is 2.56. The van der Waals surface area contributed by atoms with E-state index in [0.717, 1.165) is 0 Å². The summed E-state index contributed by atoms with van der Waals surface area (Å²) < 4.78 is 18.9. The minimum atomic E-state index is -0.612. The number of halogens is 1. The molecule has 1 aliphatic heterocycles. The Labute approximate surface area is 121 Å². The molecule has 1 fully saturated rings. The Kier molecular flexibility index (Phi) is 4.72. The number of carbonyl (C=O) groups excluding carboxylic acids is 1. The van der Waals surface area contributed by atoms with Gasteiger partial charge in [0.2, 0.25) is 0 Å². The van der Waals surface area contributed by atoms with Crippen LogP contribution in [0.3, 0.4) is 0 Å². The molecule has 0 saturated carbocycles. The standard InChI is InChI=1S/C14H17FN2O4/c1-2-21-14(18)10-6-8-16(9-7-10)13-11(15)4-3-5-12(13)17(19)20/h3-5,10H,2,6-9H2,1H3. The Bertz CT molecular complexity index is 542. The van der Waals surface area contributed by atoms with Gasteiger partial charge in [-0.05, 0) is 25.8 Å². The van der Waals surface area contributed by atoms with Gasteiger partial charge in [-0.1, -0.05) is 6.07 Å². The highest BCUT2D eigenvalue weighted by Gasteiger charge is 2.30. The summed E-state index contributed by atoms with van der Waals surface area (Å²) in [4.78, 5) is 23.7. The number of para-hydroxylation sites is 1. The summed E-state index contributed by atoms with van der Waals surface area (Å²) in [5.74, 6) is -1.08. The van der Waals surface area contributed by atoms with Crippen LogP contribution in [0.1, 0.15) is 19.8 Å². The Morgan fingerprint density at radius 1 is 1.48 bits per heavy atom. The number of ether oxygens (including phenoxy) is 1. The molecule has 0 aliphatic carbocycles. The van der Waals surface area contributed by atoms with Crippen LogP contribution >= 0.6 is 0 Å². The third-order valence-electron chi connectivity index (χ3n) is 3.59. The quantitative estimate of drug-likeness (QED) is 0.485. The molecule has 0 bridgehead atoms. The summed E-state index contributed by atoms with van der Waals surface area (Å²) in [6.07, 6.45) is 1.01. The van der Waals surface area contributed by atoms with Gasteiger partial charge in [-0.2, -0.15) is 0 Å². The van der Waals surface area contributed by atoms with Crippen molar-refractivity contribution >= 4 is 17.3 Å². The maximum Gasteiger partial charge on any atom is 0.309 e. The van der Waals surface area contributed by atoms with Gasteiger partial charge < -0.3 is 9.64 Å². The van der Waals surface area contributed by atoms with Gasteiger partial charge in [0.15, 0.2) is 11.5 Å². The molecule has 0 amide bonds. The van der Waals surface area contributed by atoms with Gasteiger partial charge in [0.25, 0.3) is 5.69 Å². The van der Waals surface area contributed by atoms with E-state index >= 15 is 0 Å². The van der Waals surface area contributed by atoms with Gasteiger partial charge in [-0.15, -0.1) is 0 Å². The van der Waals surface area contributed by atoms with Crippen LogP contribution in [-0.4, -0.2) is 30.6 Å². The van der Waals surface area contributed by atoms with E-state index in [9.17, 15) is 19.3 Å². The lowest BCUT2D eigenvalue weighted by molar-refractivity contribution is -0.384. The average Bonchev–Trinajstić information content (AvgIpc) is 2.47. The van der Waals surface area contributed by atoms with Crippen LogP contribution in [0.15, 0.2) is 18.2 Å². The number of benzene rings is 1. The molecule has 21 heavy (non-hydrogen) atoms. The SMILES string of the molecule is CCOC(=O)C1CCN(c2c(F)cccc2[N+](=O)[O-])CC1. The molecule has 1 aromatic rings. The molecule has 6 nitrogen and oxygen atoms in total. The lowest BCUT2D eigenvalue weighted by Gasteiger charge is -2.32. The summed E-state index contributed by atoms with van der Waals surface area (Å²) >= 11 is 0. The van der Waals surface area contributed by atoms with E-state index in [2.05, 4.69) is 0 Å². The van der Waals surface area contributed by atoms with E-state index in [1.807, 2.05) is 0 Å². The molecule has 0 N–H and O–H groups in total. The Morgan fingerprint density at radius 2 is 2.14 bits per heavy atom. The minimum absolute atomic E-state index is 0.00445. The van der Waals surface area contributed by atoms with Crippen LogP contribution in [0.25, 0.3) is 0 Å². The van der Waals surface area contributed by atoms with Crippen LogP contribution in [0.4, 0.5) is 15.8 Å². The molecule has 1 saturated heterocycles. The Hall–Kier alpha value is -2.18. The zero-order valence-electron chi connectivity index (χ0n) is 11.8. The van der Waals surface area contributed by atoms with Crippen molar-refractivity contribution < 1.29 is 18.8 Å². The fourth-order valence-electron chi connectivity index (χ4n) is 2.56. The number of anilines is 1. The second kappa shape index (κ2) is 6.51. The summed E-state index contributed by atoms with van der Waals surface area (Å²) in [5.41, 5.74) is -0.241. The maximum atomic E-state index is 13.9. The van der Waals surface area contributed by atoms with Crippen molar-refractivity contribution in [1.29, 1.82) is 0 Å². The lowest BCUT2D eigenvalue weighted by atomic mass is 9.96. The van der Waals surface area contributed by atoms with Crippen LogP contribution in [0.5, 0.6) is 0 Å². The van der Waals surface area contributed by atoms with Gasteiger partial charge in [0.1, 0.15) is 0 Å². The van der Waals surface area contributed by atoms with Gasteiger partial charge in [-0.25, -0.2) is 4.39 Å². The predicted molar refractivity (Wildman–Crippen MR) is 74.6 cm³/mol. The van der Waals surface area contributed by atoms with Crippen molar-refractivity contribution in [3.63, 3.8) is 0 Å². The molecule has 0 radical (unpaired) electrons. The van der Waals surface area contributed by atoms with Gasteiger partial charge in [-0.3, -0.25) is 14.9 Å². The highest BCUT2D eigenvalue weighted by atomic mass is 19.1. The number of nitro groups is 1. The second-order valence-corrected chi connectivity index (χ2v) is 4.88. The van der Waals surface area contributed by atoms with Crippen LogP contribution in [0, 0.1) is 21.8 Å². The van der Waals surface area contributed by atoms with E-state index in [1.54, 1.807) is 11.8 Å². The molecule has 0 unspecified atom stereocenters. The first kappa shape index (κ1) is 15.2. The van der Waals surface area contributed by atoms with Crippen molar-refractivity contribution in [2.45, 2.75) is 19.8 Å². The van der Waals surface area contributed by atoms with Crippen LogP contribution in [0.2, 0.25) is 0 Å². The third kappa shape index (κ3) is 3.29. The highest BCUT2D eigenvalue weighted by molar-refractivity contribution is 5.73. The molecule has 1 aromatic carbocycles. The van der Waals surface area contributed by atoms with E-state index in [0.29, 0.717) is 32.5 Å². The normalized spacial score (nSPS) is 15.8. The molecule has 1 heterocycles. The van der Waals surface area contributed by atoms with E-state index in [4.69, 9.17) is 4.74 Å². The van der Waals surface area contributed by atoms with Crippen molar-refractivity contribution in [1.82, 2.24) is 0 Å². The Balaban J connectivity index is 2.13. The first-order valence-corrected chi connectivity index (χ1v) is 6.89. The second-order valence-electron chi connectivity index (χ2n) is 4.88. The summed E-state index contributed by atoms with van der Waals surface area (Å²) in [5, 5.41) is 11.0. The van der Waals surface area contributed by atoms with Crippen LogP contribution < -0.4 is 4.90 Å². The highest BCUT2D eigenvalue weighted by Crippen LogP contribution is 2.33. The van der Waals surface area contributed by atoms with Gasteiger partial charge >= 0.3 is 5.97 Å². The number of nitrogens with zero attached hydrogens (tertiary/aromatic N) is 2. The largest absolute Gasteiger partial charge is 0.466 e. The van der Waals surface area contributed by atoms with Crippen molar-refractivity contribution in [2.24, 2.45) is 5.92 Å². The number of hydrogen-bond donors (Lipinski definition) is 0. The number of piperidine rings is 1. The lowest BCUT2D eigenvalue weighted by Crippen LogP contribution is -2.37. The number of nitro benzene ring substituents is 1. The van der Waals surface area contributed by atoms with Crippen LogP contribution in [-0.2, 0) is 9.53 Å². The third-order valence-corrected chi connectivity index (χ3v) is 3.59. The topological polar surface area (TPSA) is 72.7 Å². The van der Waals surface area contributed by atoms with Crippen molar-refractivity contribution in [2.75, 3.05) is 24.6 Å². The predicted octanol–water partition coefficient (Wildman–Crippen LogP) is 2.51. The number of rotatable bonds is 4. The summed E-state index contributed by atoms with van der Waals surface area (Å²) in [7, 11) is 0. The zero-order chi connectivity index (χ0) is 15.4. The van der Waals surface area contributed by atoms with Gasteiger partial charge in [0, 0.05) is 19.2 Å². The molecular weight excluding hydrogens is 279 g/mol. The molecular formula is C14H17FN2O4. The molecule has 0 spiro atoms.